The van der Waals surface area contributed by atoms with Crippen LogP contribution in [0, 0.1) is 0 Å². The number of allylic oxidation sites excluding steroid dienone is 1. The third-order valence-corrected chi connectivity index (χ3v) is 3.24. The molecular weight excluding hydrogens is 232 g/mol. The fourth-order valence-corrected chi connectivity index (χ4v) is 1.97. The molecule has 0 spiro atoms. The van der Waals surface area contributed by atoms with Gasteiger partial charge in [-0.25, -0.2) is 0 Å². The molecule has 0 saturated heterocycles. The van der Waals surface area contributed by atoms with E-state index in [1.807, 2.05) is 38.1 Å². The van der Waals surface area contributed by atoms with Crippen molar-refractivity contribution in [3.8, 4) is 0 Å². The van der Waals surface area contributed by atoms with Crippen LogP contribution in [0.4, 0.5) is 0 Å². The summed E-state index contributed by atoms with van der Waals surface area (Å²) < 4.78 is 0. The van der Waals surface area contributed by atoms with Crippen LogP contribution in [0.15, 0.2) is 42.7 Å². The second-order valence-electron chi connectivity index (χ2n) is 4.75. The van der Waals surface area contributed by atoms with Crippen LogP contribution < -0.4 is 0 Å². The predicted molar refractivity (Wildman–Crippen MR) is 82.4 cm³/mol. The molecular formula is C18H22O. The number of aryl methyl sites for hydroxylation is 1. The van der Waals surface area contributed by atoms with Gasteiger partial charge in [0.1, 0.15) is 0 Å². The van der Waals surface area contributed by atoms with Crippen LogP contribution in [0.1, 0.15) is 54.6 Å². The van der Waals surface area contributed by atoms with Crippen molar-refractivity contribution < 1.29 is 4.79 Å². The van der Waals surface area contributed by atoms with E-state index in [9.17, 15) is 4.79 Å². The summed E-state index contributed by atoms with van der Waals surface area (Å²) >= 11 is 0. The molecule has 1 aromatic rings. The minimum atomic E-state index is 0.208. The van der Waals surface area contributed by atoms with Crippen molar-refractivity contribution in [1.29, 1.82) is 0 Å². The van der Waals surface area contributed by atoms with Gasteiger partial charge in [0, 0.05) is 12.0 Å². The highest BCUT2D eigenvalue weighted by Gasteiger charge is 2.07. The fraction of sp³-hybridized carbons (Fsp3) is 0.333. The molecule has 0 saturated carbocycles. The molecule has 1 rings (SSSR count). The van der Waals surface area contributed by atoms with Crippen LogP contribution in [-0.2, 0) is 6.42 Å². The lowest BCUT2D eigenvalue weighted by Gasteiger charge is -2.08. The van der Waals surface area contributed by atoms with Gasteiger partial charge in [0.15, 0.2) is 5.78 Å². The first kappa shape index (κ1) is 15.2. The number of rotatable bonds is 7. The smallest absolute Gasteiger partial charge is 0.162 e. The summed E-state index contributed by atoms with van der Waals surface area (Å²) in [7, 11) is 0. The quantitative estimate of drug-likeness (QED) is 0.495. The van der Waals surface area contributed by atoms with Gasteiger partial charge in [-0.1, -0.05) is 38.3 Å². The van der Waals surface area contributed by atoms with Crippen LogP contribution in [0.5, 0.6) is 0 Å². The number of carbonyl (C=O) groups is 1. The molecule has 0 atom stereocenters. The van der Waals surface area contributed by atoms with Gasteiger partial charge in [-0.15, -0.1) is 5.73 Å². The van der Waals surface area contributed by atoms with E-state index in [2.05, 4.69) is 18.9 Å². The van der Waals surface area contributed by atoms with Crippen LogP contribution in [0.2, 0.25) is 0 Å². The van der Waals surface area contributed by atoms with Gasteiger partial charge in [-0.3, -0.25) is 4.79 Å². The summed E-state index contributed by atoms with van der Waals surface area (Å²) in [6.07, 6.45) is 5.18. The van der Waals surface area contributed by atoms with Gasteiger partial charge in [0.05, 0.1) is 0 Å². The van der Waals surface area contributed by atoms with Crippen LogP contribution in [0.3, 0.4) is 0 Å². The normalized spacial score (nSPS) is 9.79. The molecule has 0 radical (unpaired) electrons. The largest absolute Gasteiger partial charge is 0.294 e. The van der Waals surface area contributed by atoms with E-state index in [-0.39, 0.29) is 5.78 Å². The summed E-state index contributed by atoms with van der Waals surface area (Å²) in [4.78, 5) is 11.9. The molecule has 1 aromatic carbocycles. The molecule has 19 heavy (non-hydrogen) atoms. The summed E-state index contributed by atoms with van der Waals surface area (Å²) in [5.41, 5.74) is 7.12. The zero-order valence-electron chi connectivity index (χ0n) is 12.0. The zero-order valence-corrected chi connectivity index (χ0v) is 12.0. The van der Waals surface area contributed by atoms with Gasteiger partial charge in [-0.2, -0.15) is 0 Å². The Bertz CT molecular complexity index is 516. The molecule has 0 fully saturated rings. The Hall–Kier alpha value is -1.85. The lowest BCUT2D eigenvalue weighted by molar-refractivity contribution is 0.0981. The Morgan fingerprint density at radius 1 is 1.37 bits per heavy atom. The Morgan fingerprint density at radius 3 is 2.68 bits per heavy atom. The Labute approximate surface area is 116 Å². The van der Waals surface area contributed by atoms with E-state index in [1.165, 1.54) is 5.56 Å². The van der Waals surface area contributed by atoms with Crippen molar-refractivity contribution in [2.45, 2.75) is 39.5 Å². The topological polar surface area (TPSA) is 17.1 Å². The number of carbonyl (C=O) groups excluding carboxylic acids is 1. The minimum absolute atomic E-state index is 0.208. The van der Waals surface area contributed by atoms with Gasteiger partial charge in [0.2, 0.25) is 0 Å². The number of ketones is 1. The molecule has 0 aromatic heterocycles. The Morgan fingerprint density at radius 2 is 2.11 bits per heavy atom. The van der Waals surface area contributed by atoms with E-state index in [4.69, 9.17) is 0 Å². The highest BCUT2D eigenvalue weighted by Crippen LogP contribution is 2.18. The minimum Gasteiger partial charge on any atom is -0.294 e. The molecule has 0 aliphatic rings. The van der Waals surface area contributed by atoms with Gasteiger partial charge >= 0.3 is 0 Å². The number of hydrogen-bond acceptors (Lipinski definition) is 1. The van der Waals surface area contributed by atoms with Crippen molar-refractivity contribution in [3.05, 3.63) is 59.4 Å². The van der Waals surface area contributed by atoms with E-state index < -0.39 is 0 Å². The van der Waals surface area contributed by atoms with E-state index in [0.717, 1.165) is 36.0 Å². The number of hydrogen-bond donors (Lipinski definition) is 0. The van der Waals surface area contributed by atoms with Crippen molar-refractivity contribution in [2.24, 2.45) is 0 Å². The van der Waals surface area contributed by atoms with E-state index in [0.29, 0.717) is 6.42 Å². The molecule has 0 aliphatic carbocycles. The molecule has 0 aliphatic heterocycles. The molecule has 1 nitrogen and oxygen atoms in total. The molecule has 100 valence electrons. The molecule has 0 unspecified atom stereocenters. The van der Waals surface area contributed by atoms with Gasteiger partial charge in [0.25, 0.3) is 0 Å². The maximum atomic E-state index is 11.9. The maximum absolute atomic E-state index is 11.9. The predicted octanol–water partition coefficient (Wildman–Crippen LogP) is 4.98. The zero-order chi connectivity index (χ0) is 14.3. The highest BCUT2D eigenvalue weighted by atomic mass is 16.1. The van der Waals surface area contributed by atoms with Gasteiger partial charge < -0.3 is 0 Å². The maximum Gasteiger partial charge on any atom is 0.162 e. The average molecular weight is 254 g/mol. The first-order valence-corrected chi connectivity index (χ1v) is 6.76. The van der Waals surface area contributed by atoms with E-state index in [1.54, 1.807) is 0 Å². The highest BCUT2D eigenvalue weighted by molar-refractivity contribution is 5.96. The Balaban J connectivity index is 2.93. The second kappa shape index (κ2) is 7.56. The van der Waals surface area contributed by atoms with Crippen molar-refractivity contribution in [3.63, 3.8) is 0 Å². The first-order chi connectivity index (χ1) is 9.12. The molecule has 1 heteroatoms. The van der Waals surface area contributed by atoms with Crippen molar-refractivity contribution in [1.82, 2.24) is 0 Å². The van der Waals surface area contributed by atoms with Crippen LogP contribution in [-0.4, -0.2) is 5.78 Å². The molecule has 0 bridgehead atoms. The Kier molecular flexibility index (Phi) is 6.05. The van der Waals surface area contributed by atoms with Crippen molar-refractivity contribution in [2.75, 3.05) is 0 Å². The molecule has 0 heterocycles. The average Bonchev–Trinajstić information content (AvgIpc) is 2.44. The van der Waals surface area contributed by atoms with Gasteiger partial charge in [-0.05, 0) is 49.0 Å². The lowest BCUT2D eigenvalue weighted by Crippen LogP contribution is -2.00. The number of benzene rings is 1. The molecule has 0 amide bonds. The van der Waals surface area contributed by atoms with Crippen LogP contribution in [0.25, 0.3) is 6.08 Å². The van der Waals surface area contributed by atoms with Crippen LogP contribution >= 0.6 is 0 Å². The third kappa shape index (κ3) is 4.39. The van der Waals surface area contributed by atoms with Crippen molar-refractivity contribution >= 4 is 11.9 Å². The summed E-state index contributed by atoms with van der Waals surface area (Å²) in [5, 5.41) is 0. The second-order valence-corrected chi connectivity index (χ2v) is 4.75. The monoisotopic (exact) mass is 254 g/mol. The molecule has 0 N–H and O–H groups in total. The standard InChI is InChI=1S/C18H22O/c1-5-8-18(19)17-12-11-16(15(7-3)13-17)10-9-14(4)6-2/h7,11-13H,2-3,5,8-10H2,1,4H3. The fourth-order valence-electron chi connectivity index (χ4n) is 1.97. The van der Waals surface area contributed by atoms with E-state index >= 15 is 0 Å². The third-order valence-electron chi connectivity index (χ3n) is 3.24. The summed E-state index contributed by atoms with van der Waals surface area (Å²) in [6.45, 7) is 11.5. The number of Topliss-reactive ketones (excluding diaryl/α,β-unsaturated/α-hetero) is 1. The summed E-state index contributed by atoms with van der Waals surface area (Å²) in [5.74, 6) is 0.208. The first-order valence-electron chi connectivity index (χ1n) is 6.76. The summed E-state index contributed by atoms with van der Waals surface area (Å²) in [6, 6.07) is 5.91. The lowest BCUT2D eigenvalue weighted by atomic mass is 9.96. The SMILES string of the molecule is C=C=C(C)CCc1ccc(C(=O)CCC)cc1C=C.